The second kappa shape index (κ2) is 7.09. The molecule has 2 rings (SSSR count). The van der Waals surface area contributed by atoms with Gasteiger partial charge in [0.15, 0.2) is 0 Å². The minimum Gasteiger partial charge on any atom is -0.481 e. The quantitative estimate of drug-likeness (QED) is 0.841. The van der Waals surface area contributed by atoms with E-state index in [1.54, 1.807) is 38.1 Å². The Hall–Kier alpha value is -2.63. The first-order valence-corrected chi connectivity index (χ1v) is 8.28. The van der Waals surface area contributed by atoms with Crippen molar-refractivity contribution >= 4 is 17.6 Å². The van der Waals surface area contributed by atoms with E-state index < -0.39 is 11.4 Å². The van der Waals surface area contributed by atoms with Crippen LogP contribution < -0.4 is 5.32 Å². The number of amides is 1. The number of nitrogens with zero attached hydrogens (tertiary/aromatic N) is 2. The van der Waals surface area contributed by atoms with Crippen molar-refractivity contribution in [2.75, 3.05) is 5.32 Å². The molecule has 1 unspecified atom stereocenters. The summed E-state index contributed by atoms with van der Waals surface area (Å²) in [6, 6.07) is 8.86. The molecular weight excluding hydrogens is 318 g/mol. The summed E-state index contributed by atoms with van der Waals surface area (Å²) < 4.78 is 1.85. The van der Waals surface area contributed by atoms with Crippen LogP contribution in [-0.4, -0.2) is 26.8 Å². The highest BCUT2D eigenvalue weighted by molar-refractivity contribution is 5.91. The third-order valence-corrected chi connectivity index (χ3v) is 4.37. The molecule has 6 nitrogen and oxygen atoms in total. The summed E-state index contributed by atoms with van der Waals surface area (Å²) in [5.41, 5.74) is 2.33. The summed E-state index contributed by atoms with van der Waals surface area (Å²) in [6.07, 6.45) is 0.310. The van der Waals surface area contributed by atoms with Gasteiger partial charge in [0.1, 0.15) is 0 Å². The monoisotopic (exact) mass is 343 g/mol. The van der Waals surface area contributed by atoms with E-state index in [2.05, 4.69) is 10.4 Å². The van der Waals surface area contributed by atoms with Crippen molar-refractivity contribution in [3.05, 3.63) is 47.3 Å². The lowest BCUT2D eigenvalue weighted by molar-refractivity contribution is -0.142. The van der Waals surface area contributed by atoms with Gasteiger partial charge in [0.05, 0.1) is 17.2 Å². The fourth-order valence-corrected chi connectivity index (χ4v) is 2.75. The summed E-state index contributed by atoms with van der Waals surface area (Å²) in [5, 5.41) is 16.5. The number of hydrogen-bond donors (Lipinski definition) is 2. The molecule has 1 aromatic carbocycles. The van der Waals surface area contributed by atoms with Crippen LogP contribution >= 0.6 is 0 Å². The second-order valence-corrected chi connectivity index (χ2v) is 6.98. The third kappa shape index (κ3) is 4.26. The molecule has 25 heavy (non-hydrogen) atoms. The van der Waals surface area contributed by atoms with Crippen LogP contribution in [0.3, 0.4) is 0 Å². The topological polar surface area (TPSA) is 84.2 Å². The van der Waals surface area contributed by atoms with E-state index in [-0.39, 0.29) is 11.9 Å². The number of aromatic nitrogens is 2. The van der Waals surface area contributed by atoms with E-state index in [1.165, 1.54) is 0 Å². The molecule has 1 heterocycles. The largest absolute Gasteiger partial charge is 0.481 e. The van der Waals surface area contributed by atoms with Gasteiger partial charge in [-0.3, -0.25) is 14.3 Å². The maximum absolute atomic E-state index is 12.3. The molecule has 1 atom stereocenters. The summed E-state index contributed by atoms with van der Waals surface area (Å²) in [7, 11) is 0. The maximum atomic E-state index is 12.3. The van der Waals surface area contributed by atoms with Gasteiger partial charge in [-0.2, -0.15) is 5.10 Å². The standard InChI is InChI=1S/C19H25N3O3/c1-12-10-13(2)22(21-12)14(3)11-17(23)20-16-8-6-15(7-9-16)19(4,5)18(24)25/h6-10,14H,11H2,1-5H3,(H,20,23)(H,24,25). The summed E-state index contributed by atoms with van der Waals surface area (Å²) in [6.45, 7) is 9.16. The summed E-state index contributed by atoms with van der Waals surface area (Å²) in [5.74, 6) is -0.992. The molecule has 6 heteroatoms. The summed E-state index contributed by atoms with van der Waals surface area (Å²) >= 11 is 0. The Kier molecular flexibility index (Phi) is 5.30. The molecule has 1 aromatic heterocycles. The van der Waals surface area contributed by atoms with Crippen LogP contribution in [0.25, 0.3) is 0 Å². The fraction of sp³-hybridized carbons (Fsp3) is 0.421. The molecule has 0 bridgehead atoms. The average molecular weight is 343 g/mol. The molecule has 134 valence electrons. The molecule has 0 aliphatic carbocycles. The molecule has 0 spiro atoms. The summed E-state index contributed by atoms with van der Waals surface area (Å²) in [4.78, 5) is 23.5. The van der Waals surface area contributed by atoms with Gasteiger partial charge in [0.2, 0.25) is 5.91 Å². The van der Waals surface area contributed by atoms with Crippen LogP contribution in [0, 0.1) is 13.8 Å². The zero-order valence-corrected chi connectivity index (χ0v) is 15.3. The third-order valence-electron chi connectivity index (χ3n) is 4.37. The Bertz CT molecular complexity index is 776. The normalized spacial score (nSPS) is 12.7. The van der Waals surface area contributed by atoms with Gasteiger partial charge >= 0.3 is 5.97 Å². The predicted molar refractivity (Wildman–Crippen MR) is 96.8 cm³/mol. The van der Waals surface area contributed by atoms with Crippen molar-refractivity contribution in [1.29, 1.82) is 0 Å². The molecule has 0 aliphatic rings. The minimum atomic E-state index is -0.966. The van der Waals surface area contributed by atoms with Crippen molar-refractivity contribution in [2.24, 2.45) is 0 Å². The van der Waals surface area contributed by atoms with E-state index >= 15 is 0 Å². The highest BCUT2D eigenvalue weighted by Crippen LogP contribution is 2.25. The predicted octanol–water partition coefficient (Wildman–Crippen LogP) is 3.45. The van der Waals surface area contributed by atoms with Crippen molar-refractivity contribution in [3.63, 3.8) is 0 Å². The van der Waals surface area contributed by atoms with Gasteiger partial charge in [-0.05, 0) is 58.4 Å². The number of carbonyl (C=O) groups is 2. The first-order chi connectivity index (χ1) is 11.6. The van der Waals surface area contributed by atoms with Crippen molar-refractivity contribution in [2.45, 2.75) is 52.5 Å². The van der Waals surface area contributed by atoms with Gasteiger partial charge in [-0.15, -0.1) is 0 Å². The molecule has 1 amide bonds. The molecular formula is C19H25N3O3. The first kappa shape index (κ1) is 18.7. The van der Waals surface area contributed by atoms with Gasteiger partial charge in [0, 0.05) is 17.8 Å². The second-order valence-electron chi connectivity index (χ2n) is 6.98. The number of carboxylic acid groups (broad SMARTS) is 1. The number of nitrogens with one attached hydrogen (secondary N) is 1. The van der Waals surface area contributed by atoms with Crippen LogP contribution in [0.5, 0.6) is 0 Å². The van der Waals surface area contributed by atoms with E-state index in [0.717, 1.165) is 11.4 Å². The molecule has 2 aromatic rings. The Balaban J connectivity index is 2.01. The fourth-order valence-electron chi connectivity index (χ4n) is 2.75. The molecule has 2 N–H and O–H groups in total. The number of hydrogen-bond acceptors (Lipinski definition) is 3. The number of aryl methyl sites for hydroxylation is 2. The zero-order valence-electron chi connectivity index (χ0n) is 15.3. The Labute approximate surface area is 147 Å². The number of benzene rings is 1. The van der Waals surface area contributed by atoms with Crippen molar-refractivity contribution < 1.29 is 14.7 Å². The van der Waals surface area contributed by atoms with Crippen LogP contribution in [0.2, 0.25) is 0 Å². The van der Waals surface area contributed by atoms with Gasteiger partial charge < -0.3 is 10.4 Å². The molecule has 0 aliphatic heterocycles. The van der Waals surface area contributed by atoms with E-state index in [1.807, 2.05) is 31.5 Å². The van der Waals surface area contributed by atoms with Gasteiger partial charge in [-0.1, -0.05) is 12.1 Å². The lowest BCUT2D eigenvalue weighted by atomic mass is 9.85. The maximum Gasteiger partial charge on any atom is 0.313 e. The van der Waals surface area contributed by atoms with E-state index in [0.29, 0.717) is 17.7 Å². The number of rotatable bonds is 6. The molecule has 0 saturated heterocycles. The van der Waals surface area contributed by atoms with Crippen LogP contribution in [0.1, 0.15) is 50.2 Å². The van der Waals surface area contributed by atoms with Crippen LogP contribution in [0.4, 0.5) is 5.69 Å². The number of anilines is 1. The molecule has 0 saturated carbocycles. The smallest absolute Gasteiger partial charge is 0.313 e. The van der Waals surface area contributed by atoms with Crippen LogP contribution in [-0.2, 0) is 15.0 Å². The molecule has 0 radical (unpaired) electrons. The van der Waals surface area contributed by atoms with Gasteiger partial charge in [0.25, 0.3) is 0 Å². The Morgan fingerprint density at radius 1 is 1.24 bits per heavy atom. The lowest BCUT2D eigenvalue weighted by Gasteiger charge is -2.20. The van der Waals surface area contributed by atoms with E-state index in [4.69, 9.17) is 0 Å². The molecule has 0 fully saturated rings. The van der Waals surface area contributed by atoms with Crippen molar-refractivity contribution in [1.82, 2.24) is 9.78 Å². The lowest BCUT2D eigenvalue weighted by Crippen LogP contribution is -2.28. The highest BCUT2D eigenvalue weighted by atomic mass is 16.4. The van der Waals surface area contributed by atoms with Crippen molar-refractivity contribution in [3.8, 4) is 0 Å². The number of aliphatic carboxylic acids is 1. The SMILES string of the molecule is Cc1cc(C)n(C(C)CC(=O)Nc2ccc(C(C)(C)C(=O)O)cc2)n1. The van der Waals surface area contributed by atoms with E-state index in [9.17, 15) is 14.7 Å². The van der Waals surface area contributed by atoms with Gasteiger partial charge in [-0.25, -0.2) is 0 Å². The Morgan fingerprint density at radius 3 is 2.32 bits per heavy atom. The number of carbonyl (C=O) groups excluding carboxylic acids is 1. The first-order valence-electron chi connectivity index (χ1n) is 8.28. The zero-order chi connectivity index (χ0) is 18.8. The Morgan fingerprint density at radius 2 is 1.84 bits per heavy atom. The highest BCUT2D eigenvalue weighted by Gasteiger charge is 2.29. The minimum absolute atomic E-state index is 0.0427. The number of carboxylic acids is 1. The average Bonchev–Trinajstić information content (AvgIpc) is 2.86. The van der Waals surface area contributed by atoms with Crippen LogP contribution in [0.15, 0.2) is 30.3 Å².